The van der Waals surface area contributed by atoms with Gasteiger partial charge in [0.2, 0.25) is 0 Å². The smallest absolute Gasteiger partial charge is 0.129 e. The number of rotatable bonds is 8. The first-order valence-corrected chi connectivity index (χ1v) is 7.32. The molecule has 1 unspecified atom stereocenters. The van der Waals surface area contributed by atoms with E-state index in [0.29, 0.717) is 13.2 Å². The number of nitrogens with one attached hydrogen (secondary N) is 1. The second-order valence-electron chi connectivity index (χ2n) is 4.73. The highest BCUT2D eigenvalue weighted by Gasteiger charge is 2.17. The highest BCUT2D eigenvalue weighted by molar-refractivity contribution is 5.33. The van der Waals surface area contributed by atoms with E-state index in [2.05, 4.69) is 24.4 Å². The Bertz CT molecular complexity index is 533. The molecule has 0 amide bonds. The van der Waals surface area contributed by atoms with E-state index in [0.717, 1.165) is 29.4 Å². The molecule has 0 aliphatic heterocycles. The molecule has 0 saturated heterocycles. The molecule has 0 spiro atoms. The van der Waals surface area contributed by atoms with E-state index in [1.54, 1.807) is 7.11 Å². The maximum absolute atomic E-state index is 5.85. The van der Waals surface area contributed by atoms with Crippen LogP contribution in [-0.2, 0) is 11.3 Å². The number of ether oxygens (including phenoxy) is 2. The van der Waals surface area contributed by atoms with Gasteiger partial charge in [0.15, 0.2) is 0 Å². The third-order valence-corrected chi connectivity index (χ3v) is 3.19. The molecule has 1 aromatic carbocycles. The van der Waals surface area contributed by atoms with Gasteiger partial charge in [-0.1, -0.05) is 19.1 Å². The van der Waals surface area contributed by atoms with Crippen LogP contribution in [0.15, 0.2) is 40.8 Å². The van der Waals surface area contributed by atoms with E-state index >= 15 is 0 Å². The molecule has 1 atom stereocenters. The van der Waals surface area contributed by atoms with Gasteiger partial charge < -0.3 is 19.2 Å². The fourth-order valence-corrected chi connectivity index (χ4v) is 2.28. The Hall–Kier alpha value is -1.78. The summed E-state index contributed by atoms with van der Waals surface area (Å²) >= 11 is 0. The third kappa shape index (κ3) is 4.09. The van der Waals surface area contributed by atoms with Gasteiger partial charge >= 0.3 is 0 Å². The molecule has 0 radical (unpaired) electrons. The zero-order valence-electron chi connectivity index (χ0n) is 12.9. The number of hydrogen-bond donors (Lipinski definition) is 1. The SMILES string of the molecule is CCNC(c1ccc(OCC)cc1)c1ccc(COC)o1. The van der Waals surface area contributed by atoms with Crippen LogP contribution in [0.2, 0.25) is 0 Å². The van der Waals surface area contributed by atoms with E-state index in [1.807, 2.05) is 31.2 Å². The van der Waals surface area contributed by atoms with Gasteiger partial charge in [-0.2, -0.15) is 0 Å². The van der Waals surface area contributed by atoms with Gasteiger partial charge in [-0.15, -0.1) is 0 Å². The minimum atomic E-state index is 0.0382. The van der Waals surface area contributed by atoms with E-state index in [9.17, 15) is 0 Å². The zero-order valence-corrected chi connectivity index (χ0v) is 12.9. The van der Waals surface area contributed by atoms with E-state index in [4.69, 9.17) is 13.9 Å². The van der Waals surface area contributed by atoms with Crippen molar-refractivity contribution < 1.29 is 13.9 Å². The summed E-state index contributed by atoms with van der Waals surface area (Å²) in [5, 5.41) is 3.45. The Kier molecular flexibility index (Phi) is 5.84. The minimum Gasteiger partial charge on any atom is -0.494 e. The highest BCUT2D eigenvalue weighted by Crippen LogP contribution is 2.26. The van der Waals surface area contributed by atoms with Gasteiger partial charge in [0.05, 0.1) is 12.6 Å². The highest BCUT2D eigenvalue weighted by atomic mass is 16.5. The van der Waals surface area contributed by atoms with Crippen molar-refractivity contribution in [2.45, 2.75) is 26.5 Å². The van der Waals surface area contributed by atoms with Gasteiger partial charge in [0, 0.05) is 7.11 Å². The van der Waals surface area contributed by atoms with Crippen molar-refractivity contribution >= 4 is 0 Å². The van der Waals surface area contributed by atoms with Crippen molar-refractivity contribution in [3.8, 4) is 5.75 Å². The molecule has 4 heteroatoms. The number of hydrogen-bond acceptors (Lipinski definition) is 4. The molecule has 114 valence electrons. The topological polar surface area (TPSA) is 43.6 Å². The van der Waals surface area contributed by atoms with Crippen molar-refractivity contribution in [3.05, 3.63) is 53.5 Å². The molecule has 1 aromatic heterocycles. The molecule has 1 heterocycles. The van der Waals surface area contributed by atoms with Crippen LogP contribution in [0.25, 0.3) is 0 Å². The van der Waals surface area contributed by atoms with Crippen LogP contribution >= 0.6 is 0 Å². The van der Waals surface area contributed by atoms with Crippen LogP contribution in [0.1, 0.15) is 37.0 Å². The minimum absolute atomic E-state index is 0.0382. The second kappa shape index (κ2) is 7.86. The average Bonchev–Trinajstić information content (AvgIpc) is 2.95. The summed E-state index contributed by atoms with van der Waals surface area (Å²) in [4.78, 5) is 0. The molecule has 4 nitrogen and oxygen atoms in total. The first kappa shape index (κ1) is 15.6. The molecule has 0 aliphatic rings. The van der Waals surface area contributed by atoms with E-state index in [-0.39, 0.29) is 6.04 Å². The maximum atomic E-state index is 5.85. The zero-order chi connectivity index (χ0) is 15.1. The first-order chi connectivity index (χ1) is 10.3. The predicted molar refractivity (Wildman–Crippen MR) is 82.6 cm³/mol. The standard InChI is InChI=1S/C17H23NO3/c1-4-18-17(16-11-10-15(21-16)12-19-3)13-6-8-14(9-7-13)20-5-2/h6-11,17-18H,4-5,12H2,1-3H3. The Morgan fingerprint density at radius 2 is 1.86 bits per heavy atom. The van der Waals surface area contributed by atoms with Crippen LogP contribution in [0.5, 0.6) is 5.75 Å². The van der Waals surface area contributed by atoms with Crippen LogP contribution in [-0.4, -0.2) is 20.3 Å². The second-order valence-corrected chi connectivity index (χ2v) is 4.73. The Labute approximate surface area is 126 Å². The monoisotopic (exact) mass is 289 g/mol. The van der Waals surface area contributed by atoms with Crippen LogP contribution in [0.3, 0.4) is 0 Å². The fourth-order valence-electron chi connectivity index (χ4n) is 2.28. The Morgan fingerprint density at radius 1 is 1.10 bits per heavy atom. The molecule has 0 bridgehead atoms. The molecule has 2 aromatic rings. The average molecular weight is 289 g/mol. The van der Waals surface area contributed by atoms with Crippen molar-refractivity contribution in [3.63, 3.8) is 0 Å². The molecule has 0 aliphatic carbocycles. The van der Waals surface area contributed by atoms with Gasteiger partial charge in [0.1, 0.15) is 23.9 Å². The summed E-state index contributed by atoms with van der Waals surface area (Å²) in [6.07, 6.45) is 0. The number of methoxy groups -OCH3 is 1. The molecular formula is C17H23NO3. The Morgan fingerprint density at radius 3 is 2.48 bits per heavy atom. The lowest BCUT2D eigenvalue weighted by Crippen LogP contribution is -2.21. The first-order valence-electron chi connectivity index (χ1n) is 7.32. The quantitative estimate of drug-likeness (QED) is 0.807. The van der Waals surface area contributed by atoms with Gasteiger partial charge in [-0.3, -0.25) is 0 Å². The molecule has 21 heavy (non-hydrogen) atoms. The largest absolute Gasteiger partial charge is 0.494 e. The molecule has 2 rings (SSSR count). The van der Waals surface area contributed by atoms with E-state index < -0.39 is 0 Å². The van der Waals surface area contributed by atoms with Crippen molar-refractivity contribution in [1.29, 1.82) is 0 Å². The van der Waals surface area contributed by atoms with Gasteiger partial charge in [-0.25, -0.2) is 0 Å². The summed E-state index contributed by atoms with van der Waals surface area (Å²) in [6, 6.07) is 12.1. The van der Waals surface area contributed by atoms with Crippen molar-refractivity contribution in [2.75, 3.05) is 20.3 Å². The normalized spacial score (nSPS) is 12.3. The summed E-state index contributed by atoms with van der Waals surface area (Å²) in [5.74, 6) is 2.62. The molecule has 1 N–H and O–H groups in total. The fraction of sp³-hybridized carbons (Fsp3) is 0.412. The van der Waals surface area contributed by atoms with Gasteiger partial charge in [-0.05, 0) is 43.3 Å². The summed E-state index contributed by atoms with van der Waals surface area (Å²) in [7, 11) is 1.66. The number of furan rings is 1. The third-order valence-electron chi connectivity index (χ3n) is 3.19. The lowest BCUT2D eigenvalue weighted by Gasteiger charge is -2.16. The van der Waals surface area contributed by atoms with E-state index in [1.165, 1.54) is 0 Å². The molecular weight excluding hydrogens is 266 g/mol. The van der Waals surface area contributed by atoms with Crippen LogP contribution in [0.4, 0.5) is 0 Å². The van der Waals surface area contributed by atoms with Crippen molar-refractivity contribution in [2.24, 2.45) is 0 Å². The lowest BCUT2D eigenvalue weighted by atomic mass is 10.0. The van der Waals surface area contributed by atoms with Crippen molar-refractivity contribution in [1.82, 2.24) is 5.32 Å². The lowest BCUT2D eigenvalue weighted by molar-refractivity contribution is 0.162. The summed E-state index contributed by atoms with van der Waals surface area (Å²) in [5.41, 5.74) is 1.15. The summed E-state index contributed by atoms with van der Waals surface area (Å²) < 4.78 is 16.4. The van der Waals surface area contributed by atoms with Gasteiger partial charge in [0.25, 0.3) is 0 Å². The van der Waals surface area contributed by atoms with Crippen LogP contribution < -0.4 is 10.1 Å². The Balaban J connectivity index is 2.20. The maximum Gasteiger partial charge on any atom is 0.129 e. The number of benzene rings is 1. The summed E-state index contributed by atoms with van der Waals surface area (Å²) in [6.45, 7) is 6.09. The molecule has 0 saturated carbocycles. The molecule has 0 fully saturated rings. The predicted octanol–water partition coefficient (Wildman–Crippen LogP) is 3.52. The van der Waals surface area contributed by atoms with Crippen LogP contribution in [0, 0.1) is 0 Å².